The summed E-state index contributed by atoms with van der Waals surface area (Å²) >= 11 is 0. The summed E-state index contributed by atoms with van der Waals surface area (Å²) in [4.78, 5) is 0. The minimum atomic E-state index is -0.0828. The van der Waals surface area contributed by atoms with Crippen LogP contribution in [0.5, 0.6) is 11.5 Å². The van der Waals surface area contributed by atoms with Crippen molar-refractivity contribution >= 4 is 0 Å². The van der Waals surface area contributed by atoms with Crippen LogP contribution < -0.4 is 15.2 Å². The Labute approximate surface area is 121 Å². The van der Waals surface area contributed by atoms with E-state index >= 15 is 0 Å². The van der Waals surface area contributed by atoms with Gasteiger partial charge >= 0.3 is 0 Å². The van der Waals surface area contributed by atoms with E-state index < -0.39 is 0 Å². The summed E-state index contributed by atoms with van der Waals surface area (Å²) in [5, 5.41) is 0. The highest BCUT2D eigenvalue weighted by Gasteiger charge is 2.45. The third-order valence-electron chi connectivity index (χ3n) is 4.83. The van der Waals surface area contributed by atoms with Crippen LogP contribution in [0.3, 0.4) is 0 Å². The maximum Gasteiger partial charge on any atom is 0.128 e. The van der Waals surface area contributed by atoms with Crippen LogP contribution in [0.25, 0.3) is 0 Å². The van der Waals surface area contributed by atoms with E-state index in [1.165, 1.54) is 12.8 Å². The number of methoxy groups -OCH3 is 1. The summed E-state index contributed by atoms with van der Waals surface area (Å²) in [6.07, 6.45) is 5.62. The molecule has 1 fully saturated rings. The molecule has 2 atom stereocenters. The first-order valence-electron chi connectivity index (χ1n) is 7.56. The summed E-state index contributed by atoms with van der Waals surface area (Å²) in [6.45, 7) is 4.67. The molecule has 3 nitrogen and oxygen atoms in total. The molecule has 1 aliphatic carbocycles. The van der Waals surface area contributed by atoms with Crippen molar-refractivity contribution in [1.82, 2.24) is 0 Å². The van der Waals surface area contributed by atoms with Crippen molar-refractivity contribution in [2.24, 2.45) is 11.1 Å². The molecule has 2 aliphatic rings. The molecule has 0 aromatic heterocycles. The molecule has 1 aromatic rings. The van der Waals surface area contributed by atoms with E-state index in [0.717, 1.165) is 36.3 Å². The van der Waals surface area contributed by atoms with Crippen LogP contribution in [0, 0.1) is 5.41 Å². The van der Waals surface area contributed by atoms with Gasteiger partial charge < -0.3 is 15.2 Å². The Balaban J connectivity index is 1.94. The van der Waals surface area contributed by atoms with Crippen molar-refractivity contribution in [2.75, 3.05) is 7.11 Å². The van der Waals surface area contributed by atoms with Gasteiger partial charge in [-0.2, -0.15) is 0 Å². The average Bonchev–Trinajstić information content (AvgIpc) is 2.36. The SMILES string of the molecule is COc1ccc2c(c1)OC1(CCCC(C)(C)C1)C[C@H]2N. The predicted molar refractivity (Wildman–Crippen MR) is 80.1 cm³/mol. The first-order valence-corrected chi connectivity index (χ1v) is 7.56. The molecule has 0 saturated heterocycles. The van der Waals surface area contributed by atoms with Gasteiger partial charge in [0.1, 0.15) is 17.1 Å². The van der Waals surface area contributed by atoms with E-state index in [-0.39, 0.29) is 11.6 Å². The Morgan fingerprint density at radius 1 is 1.30 bits per heavy atom. The molecule has 110 valence electrons. The first kappa shape index (κ1) is 13.7. The van der Waals surface area contributed by atoms with Crippen molar-refractivity contribution in [2.45, 2.75) is 57.6 Å². The Morgan fingerprint density at radius 2 is 2.10 bits per heavy atom. The fourth-order valence-corrected chi connectivity index (χ4v) is 4.02. The van der Waals surface area contributed by atoms with Crippen LogP contribution in [-0.4, -0.2) is 12.7 Å². The highest BCUT2D eigenvalue weighted by Crippen LogP contribution is 2.50. The molecule has 1 unspecified atom stereocenters. The number of benzene rings is 1. The minimum Gasteiger partial charge on any atom is -0.497 e. The zero-order chi connectivity index (χ0) is 14.4. The molecule has 1 heterocycles. The summed E-state index contributed by atoms with van der Waals surface area (Å²) in [6, 6.07) is 6.06. The molecule has 0 amide bonds. The van der Waals surface area contributed by atoms with Crippen LogP contribution in [0.1, 0.15) is 57.6 Å². The van der Waals surface area contributed by atoms with Gasteiger partial charge in [-0.25, -0.2) is 0 Å². The fraction of sp³-hybridized carbons (Fsp3) is 0.647. The van der Waals surface area contributed by atoms with Gasteiger partial charge in [0, 0.05) is 24.1 Å². The number of ether oxygens (including phenoxy) is 2. The van der Waals surface area contributed by atoms with E-state index in [2.05, 4.69) is 13.8 Å². The number of hydrogen-bond acceptors (Lipinski definition) is 3. The van der Waals surface area contributed by atoms with Gasteiger partial charge in [0.25, 0.3) is 0 Å². The fourth-order valence-electron chi connectivity index (χ4n) is 4.02. The zero-order valence-electron chi connectivity index (χ0n) is 12.7. The Morgan fingerprint density at radius 3 is 2.80 bits per heavy atom. The molecule has 2 N–H and O–H groups in total. The van der Waals surface area contributed by atoms with Crippen molar-refractivity contribution < 1.29 is 9.47 Å². The average molecular weight is 275 g/mol. The molecular formula is C17H25NO2. The normalized spacial score (nSPS) is 31.5. The molecule has 1 aromatic carbocycles. The van der Waals surface area contributed by atoms with E-state index in [1.807, 2.05) is 18.2 Å². The van der Waals surface area contributed by atoms with Crippen LogP contribution >= 0.6 is 0 Å². The second-order valence-corrected chi connectivity index (χ2v) is 7.19. The van der Waals surface area contributed by atoms with Gasteiger partial charge in [-0.15, -0.1) is 0 Å². The summed E-state index contributed by atoms with van der Waals surface area (Å²) < 4.78 is 11.8. The monoisotopic (exact) mass is 275 g/mol. The molecule has 1 saturated carbocycles. The largest absolute Gasteiger partial charge is 0.497 e. The lowest BCUT2D eigenvalue weighted by Crippen LogP contribution is -2.48. The molecule has 1 spiro atoms. The topological polar surface area (TPSA) is 44.5 Å². The quantitative estimate of drug-likeness (QED) is 0.847. The standard InChI is InChI=1S/C17H25NO2/c1-16(2)7-4-8-17(11-16)10-14(18)13-6-5-12(19-3)9-15(13)20-17/h5-6,9,14H,4,7-8,10-11,18H2,1-3H3/t14-,17?/m1/s1. The minimum absolute atomic E-state index is 0.0681. The van der Waals surface area contributed by atoms with Gasteiger partial charge in [0.2, 0.25) is 0 Å². The number of nitrogens with two attached hydrogens (primary N) is 1. The van der Waals surface area contributed by atoms with Crippen LogP contribution in [0.4, 0.5) is 0 Å². The van der Waals surface area contributed by atoms with Crippen LogP contribution in [0.2, 0.25) is 0 Å². The maximum absolute atomic E-state index is 6.45. The highest BCUT2D eigenvalue weighted by atomic mass is 16.5. The molecule has 0 bridgehead atoms. The summed E-state index contributed by atoms with van der Waals surface area (Å²) in [5.74, 6) is 1.75. The van der Waals surface area contributed by atoms with Crippen molar-refractivity contribution in [3.8, 4) is 11.5 Å². The van der Waals surface area contributed by atoms with E-state index in [0.29, 0.717) is 5.41 Å². The van der Waals surface area contributed by atoms with E-state index in [1.54, 1.807) is 7.11 Å². The predicted octanol–water partition coefficient (Wildman–Crippen LogP) is 3.82. The molecule has 20 heavy (non-hydrogen) atoms. The summed E-state index contributed by atoms with van der Waals surface area (Å²) in [7, 11) is 1.68. The number of hydrogen-bond donors (Lipinski definition) is 1. The number of rotatable bonds is 1. The zero-order valence-corrected chi connectivity index (χ0v) is 12.7. The van der Waals surface area contributed by atoms with E-state index in [4.69, 9.17) is 15.2 Å². The maximum atomic E-state index is 6.45. The summed E-state index contributed by atoms with van der Waals surface area (Å²) in [5.41, 5.74) is 7.78. The Kier molecular flexibility index (Phi) is 3.20. The molecule has 3 rings (SSSR count). The second kappa shape index (κ2) is 4.66. The lowest BCUT2D eigenvalue weighted by molar-refractivity contribution is -0.0386. The highest BCUT2D eigenvalue weighted by molar-refractivity contribution is 5.44. The lowest BCUT2D eigenvalue weighted by atomic mass is 9.66. The van der Waals surface area contributed by atoms with Crippen LogP contribution in [0.15, 0.2) is 18.2 Å². The molecule has 1 aliphatic heterocycles. The van der Waals surface area contributed by atoms with Gasteiger partial charge in [-0.3, -0.25) is 0 Å². The Bertz CT molecular complexity index is 512. The molecular weight excluding hydrogens is 250 g/mol. The van der Waals surface area contributed by atoms with Crippen molar-refractivity contribution in [1.29, 1.82) is 0 Å². The Hall–Kier alpha value is -1.22. The van der Waals surface area contributed by atoms with E-state index in [9.17, 15) is 0 Å². The third-order valence-corrected chi connectivity index (χ3v) is 4.83. The molecule has 0 radical (unpaired) electrons. The van der Waals surface area contributed by atoms with Gasteiger partial charge in [0.05, 0.1) is 7.11 Å². The number of fused-ring (bicyclic) bond motifs is 1. The lowest BCUT2D eigenvalue weighted by Gasteiger charge is -2.48. The second-order valence-electron chi connectivity index (χ2n) is 7.19. The van der Waals surface area contributed by atoms with Crippen LogP contribution in [-0.2, 0) is 0 Å². The van der Waals surface area contributed by atoms with Gasteiger partial charge in [0.15, 0.2) is 0 Å². The van der Waals surface area contributed by atoms with Gasteiger partial charge in [-0.1, -0.05) is 19.9 Å². The smallest absolute Gasteiger partial charge is 0.128 e. The van der Waals surface area contributed by atoms with Crippen molar-refractivity contribution in [3.63, 3.8) is 0 Å². The molecule has 3 heteroatoms. The first-order chi connectivity index (χ1) is 9.43. The van der Waals surface area contributed by atoms with Crippen molar-refractivity contribution in [3.05, 3.63) is 23.8 Å². The van der Waals surface area contributed by atoms with Gasteiger partial charge in [-0.05, 0) is 37.2 Å². The third kappa shape index (κ3) is 2.39.